The van der Waals surface area contributed by atoms with Crippen molar-refractivity contribution in [3.63, 3.8) is 0 Å². The standard InChI is InChI=1S/C14H21BrFNO/c1-11(2)18-8-4-3-7-17-10-12-9-13(16)5-6-14(12)15/h5-6,9,11,17H,3-4,7-8,10H2,1-2H3. The van der Waals surface area contributed by atoms with E-state index in [2.05, 4.69) is 21.2 Å². The molecule has 1 aromatic carbocycles. The number of hydrogen-bond donors (Lipinski definition) is 1. The van der Waals surface area contributed by atoms with Crippen LogP contribution in [-0.2, 0) is 11.3 Å². The number of halogens is 2. The Kier molecular flexibility index (Phi) is 7.47. The van der Waals surface area contributed by atoms with Crippen LogP contribution in [0.5, 0.6) is 0 Å². The fourth-order valence-corrected chi connectivity index (χ4v) is 1.96. The predicted molar refractivity (Wildman–Crippen MR) is 76.1 cm³/mol. The Labute approximate surface area is 117 Å². The van der Waals surface area contributed by atoms with Gasteiger partial charge in [-0.05, 0) is 57.0 Å². The van der Waals surface area contributed by atoms with E-state index >= 15 is 0 Å². The van der Waals surface area contributed by atoms with Crippen molar-refractivity contribution in [3.05, 3.63) is 34.1 Å². The van der Waals surface area contributed by atoms with Gasteiger partial charge in [0.25, 0.3) is 0 Å². The van der Waals surface area contributed by atoms with Gasteiger partial charge in [0.05, 0.1) is 6.10 Å². The van der Waals surface area contributed by atoms with Crippen LogP contribution in [0.2, 0.25) is 0 Å². The molecule has 0 saturated carbocycles. The molecule has 0 spiro atoms. The topological polar surface area (TPSA) is 21.3 Å². The van der Waals surface area contributed by atoms with Crippen LogP contribution in [0.1, 0.15) is 32.3 Å². The van der Waals surface area contributed by atoms with Crippen LogP contribution in [0.25, 0.3) is 0 Å². The zero-order valence-corrected chi connectivity index (χ0v) is 12.6. The van der Waals surface area contributed by atoms with Crippen LogP contribution in [0.15, 0.2) is 22.7 Å². The van der Waals surface area contributed by atoms with Gasteiger partial charge in [-0.15, -0.1) is 0 Å². The maximum atomic E-state index is 13.0. The van der Waals surface area contributed by atoms with E-state index in [4.69, 9.17) is 4.74 Å². The molecule has 4 heteroatoms. The third-order valence-corrected chi connectivity index (χ3v) is 3.30. The largest absolute Gasteiger partial charge is 0.379 e. The molecule has 0 amide bonds. The molecule has 0 atom stereocenters. The number of hydrogen-bond acceptors (Lipinski definition) is 2. The number of benzene rings is 1. The number of nitrogens with one attached hydrogen (secondary N) is 1. The molecular formula is C14H21BrFNO. The Hall–Kier alpha value is -0.450. The Balaban J connectivity index is 2.12. The highest BCUT2D eigenvalue weighted by Crippen LogP contribution is 2.17. The van der Waals surface area contributed by atoms with Crippen molar-refractivity contribution in [2.24, 2.45) is 0 Å². The molecule has 0 saturated heterocycles. The molecule has 0 aliphatic heterocycles. The first kappa shape index (κ1) is 15.6. The van der Waals surface area contributed by atoms with Crippen LogP contribution >= 0.6 is 15.9 Å². The molecule has 0 heterocycles. The molecule has 1 N–H and O–H groups in total. The molecule has 1 rings (SSSR count). The summed E-state index contributed by atoms with van der Waals surface area (Å²) in [5.74, 6) is -0.194. The van der Waals surface area contributed by atoms with E-state index in [1.165, 1.54) is 6.07 Å². The molecule has 0 aliphatic rings. The highest BCUT2D eigenvalue weighted by atomic mass is 79.9. The Morgan fingerprint density at radius 1 is 1.33 bits per heavy atom. The fraction of sp³-hybridized carbons (Fsp3) is 0.571. The van der Waals surface area contributed by atoms with Crippen LogP contribution in [0.3, 0.4) is 0 Å². The van der Waals surface area contributed by atoms with Gasteiger partial charge in [0.1, 0.15) is 5.82 Å². The maximum absolute atomic E-state index is 13.0. The quantitative estimate of drug-likeness (QED) is 0.735. The molecule has 0 aliphatic carbocycles. The van der Waals surface area contributed by atoms with E-state index in [1.54, 1.807) is 12.1 Å². The first-order valence-electron chi connectivity index (χ1n) is 6.36. The molecule has 0 unspecified atom stereocenters. The zero-order chi connectivity index (χ0) is 13.4. The summed E-state index contributed by atoms with van der Waals surface area (Å²) in [6.07, 6.45) is 2.43. The Morgan fingerprint density at radius 2 is 2.11 bits per heavy atom. The summed E-state index contributed by atoms with van der Waals surface area (Å²) in [4.78, 5) is 0. The average Bonchev–Trinajstić information content (AvgIpc) is 2.32. The molecular weight excluding hydrogens is 297 g/mol. The highest BCUT2D eigenvalue weighted by molar-refractivity contribution is 9.10. The molecule has 0 fully saturated rings. The summed E-state index contributed by atoms with van der Waals surface area (Å²) in [7, 11) is 0. The minimum absolute atomic E-state index is 0.194. The maximum Gasteiger partial charge on any atom is 0.123 e. The second-order valence-corrected chi connectivity index (χ2v) is 5.39. The van der Waals surface area contributed by atoms with E-state index in [-0.39, 0.29) is 5.82 Å². The van der Waals surface area contributed by atoms with Crippen molar-refractivity contribution >= 4 is 15.9 Å². The van der Waals surface area contributed by atoms with E-state index < -0.39 is 0 Å². The lowest BCUT2D eigenvalue weighted by Gasteiger charge is -2.09. The van der Waals surface area contributed by atoms with Gasteiger partial charge >= 0.3 is 0 Å². The van der Waals surface area contributed by atoms with Crippen molar-refractivity contribution < 1.29 is 9.13 Å². The number of unbranched alkanes of at least 4 members (excludes halogenated alkanes) is 1. The van der Waals surface area contributed by atoms with Gasteiger partial charge in [0.15, 0.2) is 0 Å². The van der Waals surface area contributed by atoms with Gasteiger partial charge in [-0.1, -0.05) is 15.9 Å². The number of ether oxygens (including phenoxy) is 1. The molecule has 2 nitrogen and oxygen atoms in total. The highest BCUT2D eigenvalue weighted by Gasteiger charge is 2.01. The minimum Gasteiger partial charge on any atom is -0.379 e. The van der Waals surface area contributed by atoms with Crippen molar-refractivity contribution in [1.29, 1.82) is 0 Å². The summed E-state index contributed by atoms with van der Waals surface area (Å²) in [5, 5.41) is 3.31. The molecule has 1 aromatic rings. The normalized spacial score (nSPS) is 11.2. The lowest BCUT2D eigenvalue weighted by Crippen LogP contribution is -2.16. The van der Waals surface area contributed by atoms with Gasteiger partial charge in [0.2, 0.25) is 0 Å². The summed E-state index contributed by atoms with van der Waals surface area (Å²) >= 11 is 3.41. The first-order chi connectivity index (χ1) is 8.59. The lowest BCUT2D eigenvalue weighted by atomic mass is 10.2. The summed E-state index contributed by atoms with van der Waals surface area (Å²) < 4.78 is 19.4. The molecule has 0 radical (unpaired) electrons. The Bertz CT molecular complexity index is 358. The van der Waals surface area contributed by atoms with Crippen molar-refractivity contribution in [2.75, 3.05) is 13.2 Å². The molecule has 102 valence electrons. The number of rotatable bonds is 8. The summed E-state index contributed by atoms with van der Waals surface area (Å²) in [6.45, 7) is 6.50. The zero-order valence-electron chi connectivity index (χ0n) is 11.0. The van der Waals surface area contributed by atoms with Crippen LogP contribution in [0.4, 0.5) is 4.39 Å². The predicted octanol–water partition coefficient (Wildman–Crippen LogP) is 3.88. The van der Waals surface area contributed by atoms with Gasteiger partial charge in [-0.3, -0.25) is 0 Å². The van der Waals surface area contributed by atoms with Crippen LogP contribution in [0, 0.1) is 5.82 Å². The second kappa shape index (κ2) is 8.62. The smallest absolute Gasteiger partial charge is 0.123 e. The van der Waals surface area contributed by atoms with Crippen molar-refractivity contribution in [3.8, 4) is 0 Å². The van der Waals surface area contributed by atoms with Gasteiger partial charge in [-0.2, -0.15) is 0 Å². The van der Waals surface area contributed by atoms with Gasteiger partial charge < -0.3 is 10.1 Å². The average molecular weight is 318 g/mol. The van der Waals surface area contributed by atoms with E-state index in [0.717, 1.165) is 36.0 Å². The van der Waals surface area contributed by atoms with Crippen LogP contribution in [-0.4, -0.2) is 19.3 Å². The SMILES string of the molecule is CC(C)OCCCCNCc1cc(F)ccc1Br. The monoisotopic (exact) mass is 317 g/mol. The van der Waals surface area contributed by atoms with Crippen molar-refractivity contribution in [1.82, 2.24) is 5.32 Å². The van der Waals surface area contributed by atoms with Crippen LogP contribution < -0.4 is 5.32 Å². The molecule has 0 bridgehead atoms. The minimum atomic E-state index is -0.194. The summed E-state index contributed by atoms with van der Waals surface area (Å²) in [6, 6.07) is 4.75. The van der Waals surface area contributed by atoms with E-state index in [1.807, 2.05) is 13.8 Å². The fourth-order valence-electron chi connectivity index (χ4n) is 1.57. The lowest BCUT2D eigenvalue weighted by molar-refractivity contribution is 0.0760. The molecule has 0 aromatic heterocycles. The Morgan fingerprint density at radius 3 is 2.83 bits per heavy atom. The first-order valence-corrected chi connectivity index (χ1v) is 7.15. The van der Waals surface area contributed by atoms with Crippen molar-refractivity contribution in [2.45, 2.75) is 39.3 Å². The van der Waals surface area contributed by atoms with Gasteiger partial charge in [0, 0.05) is 17.6 Å². The summed E-state index contributed by atoms with van der Waals surface area (Å²) in [5.41, 5.74) is 0.952. The van der Waals surface area contributed by atoms with Gasteiger partial charge in [-0.25, -0.2) is 4.39 Å². The van der Waals surface area contributed by atoms with E-state index in [9.17, 15) is 4.39 Å². The second-order valence-electron chi connectivity index (χ2n) is 4.54. The van der Waals surface area contributed by atoms with E-state index in [0.29, 0.717) is 12.6 Å². The third-order valence-electron chi connectivity index (χ3n) is 2.52. The third kappa shape index (κ3) is 6.47. The molecule has 18 heavy (non-hydrogen) atoms.